The standard InChI is InChI=1S/C19H30N6O8/c1-8(2)15(25-17(30)14(20)9(3)26)18(31)23-11(4-10-6-21-7-22-10)16(29)24-12(19(32)33)5-13(27)28/h6-9,11-12,14-15,26H,4-5,20H2,1-3H3,(H,21,22)(H,23,31)(H,24,29)(H,25,30)(H,27,28)(H,32,33). The van der Waals surface area contributed by atoms with Crippen LogP contribution in [0.1, 0.15) is 32.9 Å². The van der Waals surface area contributed by atoms with E-state index in [-0.39, 0.29) is 6.42 Å². The molecule has 14 nitrogen and oxygen atoms in total. The van der Waals surface area contributed by atoms with Crippen LogP contribution in [-0.2, 0) is 30.4 Å². The van der Waals surface area contributed by atoms with Crippen LogP contribution in [0, 0.1) is 5.92 Å². The highest BCUT2D eigenvalue weighted by molar-refractivity contribution is 5.95. The van der Waals surface area contributed by atoms with Crippen molar-refractivity contribution in [3.05, 3.63) is 18.2 Å². The van der Waals surface area contributed by atoms with Crippen LogP contribution in [0.15, 0.2) is 12.5 Å². The molecule has 3 amide bonds. The number of amides is 3. The number of aromatic amines is 1. The van der Waals surface area contributed by atoms with Gasteiger partial charge in [-0.2, -0.15) is 0 Å². The number of aliphatic carboxylic acids is 2. The maximum atomic E-state index is 12.9. The van der Waals surface area contributed by atoms with Gasteiger partial charge in [-0.3, -0.25) is 19.2 Å². The number of carbonyl (C=O) groups is 5. The van der Waals surface area contributed by atoms with Crippen molar-refractivity contribution >= 4 is 29.7 Å². The number of carboxylic acid groups (broad SMARTS) is 2. The van der Waals surface area contributed by atoms with E-state index in [9.17, 15) is 34.2 Å². The van der Waals surface area contributed by atoms with Crippen molar-refractivity contribution in [2.75, 3.05) is 0 Å². The fourth-order valence-electron chi connectivity index (χ4n) is 2.74. The van der Waals surface area contributed by atoms with E-state index < -0.39 is 72.3 Å². The summed E-state index contributed by atoms with van der Waals surface area (Å²) in [6.45, 7) is 4.58. The SMILES string of the molecule is CC(C)C(NC(=O)C(N)C(C)O)C(=O)NC(Cc1cnc[nH]1)C(=O)NC(CC(=O)O)C(=O)O. The van der Waals surface area contributed by atoms with Gasteiger partial charge >= 0.3 is 11.9 Å². The molecule has 184 valence electrons. The van der Waals surface area contributed by atoms with Crippen LogP contribution in [0.2, 0.25) is 0 Å². The molecule has 5 atom stereocenters. The molecule has 0 aliphatic heterocycles. The fourth-order valence-corrected chi connectivity index (χ4v) is 2.74. The fraction of sp³-hybridized carbons (Fsp3) is 0.579. The van der Waals surface area contributed by atoms with Gasteiger partial charge in [-0.15, -0.1) is 0 Å². The number of H-pyrrole nitrogens is 1. The third-order valence-corrected chi connectivity index (χ3v) is 4.67. The van der Waals surface area contributed by atoms with Crippen LogP contribution < -0.4 is 21.7 Å². The van der Waals surface area contributed by atoms with Gasteiger partial charge in [-0.25, -0.2) is 9.78 Å². The van der Waals surface area contributed by atoms with Crippen LogP contribution in [0.3, 0.4) is 0 Å². The van der Waals surface area contributed by atoms with Crippen LogP contribution in [0.5, 0.6) is 0 Å². The Bertz CT molecular complexity index is 841. The number of nitrogens with one attached hydrogen (secondary N) is 4. The van der Waals surface area contributed by atoms with Crippen molar-refractivity contribution < 1.29 is 39.3 Å². The molecular weight excluding hydrogens is 440 g/mol. The number of aliphatic hydroxyl groups excluding tert-OH is 1. The number of carbonyl (C=O) groups excluding carboxylic acids is 3. The van der Waals surface area contributed by atoms with E-state index in [1.54, 1.807) is 13.8 Å². The zero-order chi connectivity index (χ0) is 25.3. The zero-order valence-corrected chi connectivity index (χ0v) is 18.4. The topological polar surface area (TPSA) is 237 Å². The second-order valence-electron chi connectivity index (χ2n) is 7.84. The van der Waals surface area contributed by atoms with E-state index in [0.29, 0.717) is 5.69 Å². The largest absolute Gasteiger partial charge is 0.481 e. The highest BCUT2D eigenvalue weighted by Crippen LogP contribution is 2.07. The zero-order valence-electron chi connectivity index (χ0n) is 18.4. The number of nitrogens with zero attached hydrogens (tertiary/aromatic N) is 1. The first kappa shape index (κ1) is 27.5. The summed E-state index contributed by atoms with van der Waals surface area (Å²) < 4.78 is 0. The number of nitrogens with two attached hydrogens (primary N) is 1. The third kappa shape index (κ3) is 8.86. The Morgan fingerprint density at radius 2 is 1.61 bits per heavy atom. The smallest absolute Gasteiger partial charge is 0.326 e. The Morgan fingerprint density at radius 3 is 2.06 bits per heavy atom. The monoisotopic (exact) mass is 470 g/mol. The van der Waals surface area contributed by atoms with Crippen molar-refractivity contribution in [2.24, 2.45) is 11.7 Å². The molecule has 0 aliphatic carbocycles. The normalized spacial score (nSPS) is 15.6. The van der Waals surface area contributed by atoms with Gasteiger partial charge in [0.25, 0.3) is 0 Å². The van der Waals surface area contributed by atoms with Gasteiger partial charge < -0.3 is 42.0 Å². The summed E-state index contributed by atoms with van der Waals surface area (Å²) in [5, 5.41) is 34.5. The van der Waals surface area contributed by atoms with Crippen molar-refractivity contribution in [2.45, 2.75) is 63.9 Å². The van der Waals surface area contributed by atoms with Crippen LogP contribution in [0.4, 0.5) is 0 Å². The predicted molar refractivity (Wildman–Crippen MR) is 112 cm³/mol. The second-order valence-corrected chi connectivity index (χ2v) is 7.84. The quantitative estimate of drug-likeness (QED) is 0.149. The second kappa shape index (κ2) is 12.5. The van der Waals surface area contributed by atoms with Gasteiger partial charge in [-0.05, 0) is 12.8 Å². The van der Waals surface area contributed by atoms with Crippen molar-refractivity contribution in [1.82, 2.24) is 25.9 Å². The summed E-state index contributed by atoms with van der Waals surface area (Å²) in [6, 6.07) is -5.46. The van der Waals surface area contributed by atoms with E-state index in [0.717, 1.165) is 0 Å². The molecule has 5 unspecified atom stereocenters. The molecule has 33 heavy (non-hydrogen) atoms. The Hall–Kier alpha value is -3.52. The lowest BCUT2D eigenvalue weighted by atomic mass is 10.0. The maximum absolute atomic E-state index is 12.9. The van der Waals surface area contributed by atoms with Gasteiger partial charge in [0.05, 0.1) is 18.9 Å². The summed E-state index contributed by atoms with van der Waals surface area (Å²) in [5.41, 5.74) is 6.03. The molecule has 0 bridgehead atoms. The summed E-state index contributed by atoms with van der Waals surface area (Å²) in [6.07, 6.45) is 0.575. The number of hydrogen-bond acceptors (Lipinski definition) is 8. The van der Waals surface area contributed by atoms with Crippen LogP contribution in [-0.4, -0.2) is 85.2 Å². The molecule has 1 aromatic heterocycles. The number of hydrogen-bond donors (Lipinski definition) is 8. The minimum atomic E-state index is -1.72. The number of rotatable bonds is 13. The first-order valence-electron chi connectivity index (χ1n) is 10.1. The molecule has 1 heterocycles. The molecule has 14 heteroatoms. The maximum Gasteiger partial charge on any atom is 0.326 e. The van der Waals surface area contributed by atoms with E-state index in [1.807, 2.05) is 0 Å². The Kier molecular flexibility index (Phi) is 10.4. The van der Waals surface area contributed by atoms with Crippen molar-refractivity contribution in [1.29, 1.82) is 0 Å². The van der Waals surface area contributed by atoms with Crippen molar-refractivity contribution in [3.63, 3.8) is 0 Å². The molecule has 1 aromatic rings. The van der Waals surface area contributed by atoms with Crippen LogP contribution >= 0.6 is 0 Å². The lowest BCUT2D eigenvalue weighted by Gasteiger charge is -2.27. The molecule has 0 saturated carbocycles. The Morgan fingerprint density at radius 1 is 1.00 bits per heavy atom. The predicted octanol–water partition coefficient (Wildman–Crippen LogP) is -2.67. The lowest BCUT2D eigenvalue weighted by molar-refractivity contribution is -0.147. The minimum Gasteiger partial charge on any atom is -0.481 e. The molecule has 0 fully saturated rings. The van der Waals surface area contributed by atoms with Gasteiger partial charge in [-0.1, -0.05) is 13.8 Å². The van der Waals surface area contributed by atoms with E-state index in [4.69, 9.17) is 10.8 Å². The number of aliphatic hydroxyl groups is 1. The van der Waals surface area contributed by atoms with Gasteiger partial charge in [0.1, 0.15) is 24.2 Å². The lowest BCUT2D eigenvalue weighted by Crippen LogP contribution is -2.59. The minimum absolute atomic E-state index is 0.122. The summed E-state index contributed by atoms with van der Waals surface area (Å²) in [7, 11) is 0. The molecule has 9 N–H and O–H groups in total. The highest BCUT2D eigenvalue weighted by atomic mass is 16.4. The molecule has 0 saturated heterocycles. The van der Waals surface area contributed by atoms with E-state index >= 15 is 0 Å². The Balaban J connectivity index is 3.06. The summed E-state index contributed by atoms with van der Waals surface area (Å²) >= 11 is 0. The molecule has 0 aromatic carbocycles. The summed E-state index contributed by atoms with van der Waals surface area (Å²) in [4.78, 5) is 66.7. The third-order valence-electron chi connectivity index (χ3n) is 4.67. The average Bonchev–Trinajstić information content (AvgIpc) is 3.22. The van der Waals surface area contributed by atoms with Crippen LogP contribution in [0.25, 0.3) is 0 Å². The molecule has 0 spiro atoms. The van der Waals surface area contributed by atoms with Crippen molar-refractivity contribution in [3.8, 4) is 0 Å². The molecule has 1 rings (SSSR count). The van der Waals surface area contributed by atoms with E-state index in [2.05, 4.69) is 25.9 Å². The van der Waals surface area contributed by atoms with Gasteiger partial charge in [0, 0.05) is 18.3 Å². The molecule has 0 radical (unpaired) electrons. The number of aromatic nitrogens is 2. The summed E-state index contributed by atoms with van der Waals surface area (Å²) in [5.74, 6) is -5.92. The Labute approximate surface area is 189 Å². The number of imidazole rings is 1. The van der Waals surface area contributed by atoms with Gasteiger partial charge in [0.2, 0.25) is 17.7 Å². The first-order valence-corrected chi connectivity index (χ1v) is 10.1. The van der Waals surface area contributed by atoms with E-state index in [1.165, 1.54) is 19.4 Å². The molecule has 0 aliphatic rings. The first-order chi connectivity index (χ1) is 15.3. The highest BCUT2D eigenvalue weighted by Gasteiger charge is 2.33. The van der Waals surface area contributed by atoms with Gasteiger partial charge in [0.15, 0.2) is 0 Å². The number of carboxylic acids is 2. The molecular formula is C19H30N6O8. The average molecular weight is 470 g/mol.